The van der Waals surface area contributed by atoms with Crippen LogP contribution in [0.3, 0.4) is 0 Å². The summed E-state index contributed by atoms with van der Waals surface area (Å²) in [5.74, 6) is 0. The maximum atomic E-state index is 8.63. The van der Waals surface area contributed by atoms with E-state index in [9.17, 15) is 0 Å². The fraction of sp³-hybridized carbons (Fsp3) is 1.00. The molecule has 0 bridgehead atoms. The molecule has 0 aromatic rings. The fourth-order valence-corrected chi connectivity index (χ4v) is 0.922. The lowest BCUT2D eigenvalue weighted by Crippen LogP contribution is -2.37. The molecule has 0 unspecified atom stereocenters. The van der Waals surface area contributed by atoms with Crippen molar-refractivity contribution in [1.29, 1.82) is 0 Å². The lowest BCUT2D eigenvalue weighted by atomic mass is 10.3. The zero-order valence-corrected chi connectivity index (χ0v) is 6.88. The molecule has 10 heavy (non-hydrogen) atoms. The highest BCUT2D eigenvalue weighted by atomic mass is 16.3. The van der Waals surface area contributed by atoms with Crippen LogP contribution < -0.4 is 5.73 Å². The van der Waals surface area contributed by atoms with Gasteiger partial charge >= 0.3 is 0 Å². The SMILES string of the molecule is CC(C)N(CCN)CCO. The Bertz CT molecular complexity index is 70.0. The quantitative estimate of drug-likeness (QED) is 0.557. The molecule has 3 heteroatoms. The van der Waals surface area contributed by atoms with Crippen LogP contribution in [0.15, 0.2) is 0 Å². The first-order chi connectivity index (χ1) is 4.72. The highest BCUT2D eigenvalue weighted by molar-refractivity contribution is 4.61. The van der Waals surface area contributed by atoms with Crippen molar-refractivity contribution in [3.63, 3.8) is 0 Å². The average molecular weight is 146 g/mol. The van der Waals surface area contributed by atoms with E-state index >= 15 is 0 Å². The molecular formula is C7H18N2O. The molecule has 0 aliphatic heterocycles. The maximum absolute atomic E-state index is 8.63. The molecular weight excluding hydrogens is 128 g/mol. The van der Waals surface area contributed by atoms with Gasteiger partial charge in [0.25, 0.3) is 0 Å². The number of nitrogens with two attached hydrogens (primary N) is 1. The largest absolute Gasteiger partial charge is 0.395 e. The topological polar surface area (TPSA) is 49.5 Å². The zero-order chi connectivity index (χ0) is 7.98. The summed E-state index contributed by atoms with van der Waals surface area (Å²) in [6, 6.07) is 0.482. The molecule has 0 atom stereocenters. The van der Waals surface area contributed by atoms with Crippen LogP contribution in [0.2, 0.25) is 0 Å². The molecule has 0 aliphatic rings. The van der Waals surface area contributed by atoms with Gasteiger partial charge in [0.15, 0.2) is 0 Å². The maximum Gasteiger partial charge on any atom is 0.0558 e. The first-order valence-electron chi connectivity index (χ1n) is 3.77. The first-order valence-corrected chi connectivity index (χ1v) is 3.77. The molecule has 0 fully saturated rings. The van der Waals surface area contributed by atoms with Crippen molar-refractivity contribution in [2.24, 2.45) is 5.73 Å². The summed E-state index contributed by atoms with van der Waals surface area (Å²) >= 11 is 0. The van der Waals surface area contributed by atoms with Crippen LogP contribution in [0, 0.1) is 0 Å². The molecule has 3 nitrogen and oxygen atoms in total. The Morgan fingerprint density at radius 2 is 2.00 bits per heavy atom. The van der Waals surface area contributed by atoms with Crippen LogP contribution in [0.25, 0.3) is 0 Å². The van der Waals surface area contributed by atoms with Crippen LogP contribution in [-0.4, -0.2) is 42.3 Å². The van der Waals surface area contributed by atoms with E-state index in [0.29, 0.717) is 12.6 Å². The van der Waals surface area contributed by atoms with Crippen molar-refractivity contribution in [2.45, 2.75) is 19.9 Å². The smallest absolute Gasteiger partial charge is 0.0558 e. The molecule has 0 aromatic heterocycles. The van der Waals surface area contributed by atoms with Gasteiger partial charge in [0.2, 0.25) is 0 Å². The molecule has 0 aromatic carbocycles. The number of hydrogen-bond donors (Lipinski definition) is 2. The van der Waals surface area contributed by atoms with Gasteiger partial charge in [-0.2, -0.15) is 0 Å². The van der Waals surface area contributed by atoms with E-state index in [-0.39, 0.29) is 6.61 Å². The number of rotatable bonds is 5. The normalized spacial score (nSPS) is 11.4. The molecule has 0 aliphatic carbocycles. The van der Waals surface area contributed by atoms with Gasteiger partial charge in [-0.05, 0) is 13.8 Å². The Labute approximate surface area is 62.8 Å². The predicted octanol–water partition coefficient (Wildman–Crippen LogP) is -0.352. The van der Waals surface area contributed by atoms with Crippen molar-refractivity contribution in [1.82, 2.24) is 4.90 Å². The molecule has 0 amide bonds. The summed E-state index contributed by atoms with van der Waals surface area (Å²) in [4.78, 5) is 2.15. The van der Waals surface area contributed by atoms with E-state index in [0.717, 1.165) is 13.1 Å². The third-order valence-corrected chi connectivity index (χ3v) is 1.53. The van der Waals surface area contributed by atoms with Gasteiger partial charge in [0, 0.05) is 25.7 Å². The Hall–Kier alpha value is -0.120. The predicted molar refractivity (Wildman–Crippen MR) is 42.8 cm³/mol. The Kier molecular flexibility index (Phi) is 5.58. The van der Waals surface area contributed by atoms with Crippen LogP contribution in [0.1, 0.15) is 13.8 Å². The molecule has 0 spiro atoms. The second-order valence-corrected chi connectivity index (χ2v) is 2.64. The highest BCUT2D eigenvalue weighted by Crippen LogP contribution is 1.94. The first kappa shape index (κ1) is 9.88. The van der Waals surface area contributed by atoms with E-state index in [1.54, 1.807) is 0 Å². The Morgan fingerprint density at radius 1 is 1.40 bits per heavy atom. The molecule has 62 valence electrons. The van der Waals surface area contributed by atoms with Crippen LogP contribution in [-0.2, 0) is 0 Å². The summed E-state index contributed by atoms with van der Waals surface area (Å²) < 4.78 is 0. The summed E-state index contributed by atoms with van der Waals surface area (Å²) in [7, 11) is 0. The van der Waals surface area contributed by atoms with Crippen molar-refractivity contribution in [2.75, 3.05) is 26.2 Å². The van der Waals surface area contributed by atoms with Gasteiger partial charge < -0.3 is 10.8 Å². The zero-order valence-electron chi connectivity index (χ0n) is 6.88. The van der Waals surface area contributed by atoms with Crippen molar-refractivity contribution in [3.05, 3.63) is 0 Å². The van der Waals surface area contributed by atoms with Gasteiger partial charge in [-0.25, -0.2) is 0 Å². The van der Waals surface area contributed by atoms with E-state index in [2.05, 4.69) is 18.7 Å². The molecule has 0 saturated heterocycles. The van der Waals surface area contributed by atoms with Gasteiger partial charge in [-0.3, -0.25) is 4.90 Å². The second-order valence-electron chi connectivity index (χ2n) is 2.64. The second kappa shape index (κ2) is 5.65. The average Bonchev–Trinajstić information content (AvgIpc) is 1.87. The van der Waals surface area contributed by atoms with Crippen LogP contribution >= 0.6 is 0 Å². The fourth-order valence-electron chi connectivity index (χ4n) is 0.922. The van der Waals surface area contributed by atoms with Crippen molar-refractivity contribution < 1.29 is 5.11 Å². The Morgan fingerprint density at radius 3 is 2.30 bits per heavy atom. The van der Waals surface area contributed by atoms with E-state index < -0.39 is 0 Å². The minimum Gasteiger partial charge on any atom is -0.395 e. The number of hydrogen-bond acceptors (Lipinski definition) is 3. The van der Waals surface area contributed by atoms with E-state index in [1.165, 1.54) is 0 Å². The third-order valence-electron chi connectivity index (χ3n) is 1.53. The molecule has 0 radical (unpaired) electrons. The standard InChI is InChI=1S/C7H18N2O/c1-7(2)9(4-3-8)5-6-10/h7,10H,3-6,8H2,1-2H3. The Balaban J connectivity index is 3.50. The monoisotopic (exact) mass is 146 g/mol. The van der Waals surface area contributed by atoms with E-state index in [1.807, 2.05) is 0 Å². The number of nitrogens with zero attached hydrogens (tertiary/aromatic N) is 1. The number of aliphatic hydroxyl groups excluding tert-OH is 1. The van der Waals surface area contributed by atoms with Crippen molar-refractivity contribution in [3.8, 4) is 0 Å². The molecule has 0 heterocycles. The van der Waals surface area contributed by atoms with Crippen molar-refractivity contribution >= 4 is 0 Å². The lowest BCUT2D eigenvalue weighted by molar-refractivity contribution is 0.170. The summed E-state index contributed by atoms with van der Waals surface area (Å²) in [6.45, 7) is 6.69. The molecule has 3 N–H and O–H groups in total. The molecule has 0 saturated carbocycles. The summed E-state index contributed by atoms with van der Waals surface area (Å²) in [5, 5.41) is 8.63. The summed E-state index contributed by atoms with van der Waals surface area (Å²) in [5.41, 5.74) is 5.37. The van der Waals surface area contributed by atoms with Crippen LogP contribution in [0.5, 0.6) is 0 Å². The number of aliphatic hydroxyl groups is 1. The van der Waals surface area contributed by atoms with Gasteiger partial charge in [-0.15, -0.1) is 0 Å². The lowest BCUT2D eigenvalue weighted by Gasteiger charge is -2.24. The highest BCUT2D eigenvalue weighted by Gasteiger charge is 2.05. The van der Waals surface area contributed by atoms with Gasteiger partial charge in [-0.1, -0.05) is 0 Å². The van der Waals surface area contributed by atoms with Gasteiger partial charge in [0.1, 0.15) is 0 Å². The minimum atomic E-state index is 0.220. The molecule has 0 rings (SSSR count). The van der Waals surface area contributed by atoms with Crippen LogP contribution in [0.4, 0.5) is 0 Å². The van der Waals surface area contributed by atoms with E-state index in [4.69, 9.17) is 10.8 Å². The minimum absolute atomic E-state index is 0.220. The van der Waals surface area contributed by atoms with Gasteiger partial charge in [0.05, 0.1) is 6.61 Å². The third kappa shape index (κ3) is 3.82. The summed E-state index contributed by atoms with van der Waals surface area (Å²) in [6.07, 6.45) is 0.